The zero-order valence-corrected chi connectivity index (χ0v) is 21.6. The van der Waals surface area contributed by atoms with Crippen LogP contribution in [0.5, 0.6) is 5.75 Å². The minimum absolute atomic E-state index is 0.0906. The van der Waals surface area contributed by atoms with Crippen LogP contribution in [0.1, 0.15) is 53.2 Å². The third kappa shape index (κ3) is 5.11. The van der Waals surface area contributed by atoms with E-state index in [1.54, 1.807) is 18.4 Å². The van der Waals surface area contributed by atoms with E-state index in [2.05, 4.69) is 11.4 Å². The maximum absolute atomic E-state index is 13.8. The molecule has 2 heterocycles. The molecule has 0 saturated heterocycles. The number of methoxy groups -OCH3 is 1. The van der Waals surface area contributed by atoms with Gasteiger partial charge in [-0.05, 0) is 74.0 Å². The molecule has 1 atom stereocenters. The van der Waals surface area contributed by atoms with Crippen molar-refractivity contribution < 1.29 is 19.2 Å². The van der Waals surface area contributed by atoms with Crippen molar-refractivity contribution in [1.29, 1.82) is 0 Å². The molecule has 1 aromatic heterocycles. The fourth-order valence-corrected chi connectivity index (χ4v) is 5.36. The lowest BCUT2D eigenvalue weighted by molar-refractivity contribution is -0.384. The highest BCUT2D eigenvalue weighted by molar-refractivity contribution is 7.10. The maximum atomic E-state index is 13.8. The smallest absolute Gasteiger partial charge is 0.269 e. The van der Waals surface area contributed by atoms with Crippen LogP contribution in [-0.2, 0) is 11.2 Å². The van der Waals surface area contributed by atoms with Crippen LogP contribution in [0.4, 0.5) is 5.69 Å². The molecule has 0 radical (unpaired) electrons. The number of nitro groups is 1. The summed E-state index contributed by atoms with van der Waals surface area (Å²) in [6, 6.07) is 15.0. The number of carbonyl (C=O) groups excluding carboxylic acids is 2. The fourth-order valence-electron chi connectivity index (χ4n) is 4.45. The number of fused-ring (bicyclic) bond motifs is 1. The van der Waals surface area contributed by atoms with E-state index in [-0.39, 0.29) is 30.1 Å². The second kappa shape index (κ2) is 10.1. The van der Waals surface area contributed by atoms with Crippen LogP contribution in [0.15, 0.2) is 60.0 Å². The zero-order chi connectivity index (χ0) is 26.0. The number of hydrogen-bond donors (Lipinski definition) is 0. The summed E-state index contributed by atoms with van der Waals surface area (Å²) >= 11 is 1.69. The summed E-state index contributed by atoms with van der Waals surface area (Å²) in [5.41, 5.74) is 1.65. The quantitative estimate of drug-likeness (QED) is 0.343. The lowest BCUT2D eigenvalue weighted by atomic mass is 9.93. The number of nitrogens with zero attached hydrogens (tertiary/aromatic N) is 3. The summed E-state index contributed by atoms with van der Waals surface area (Å²) in [6.45, 7) is 6.06. The van der Waals surface area contributed by atoms with E-state index in [9.17, 15) is 19.7 Å². The average molecular weight is 508 g/mol. The average Bonchev–Trinajstić information content (AvgIpc) is 3.34. The first-order valence-corrected chi connectivity index (χ1v) is 12.5. The minimum atomic E-state index is -0.645. The normalized spacial score (nSPS) is 15.2. The van der Waals surface area contributed by atoms with E-state index in [0.717, 1.165) is 23.3 Å². The number of benzene rings is 2. The van der Waals surface area contributed by atoms with Gasteiger partial charge in [0.05, 0.1) is 18.1 Å². The molecule has 9 heteroatoms. The van der Waals surface area contributed by atoms with Gasteiger partial charge in [0.1, 0.15) is 12.3 Å². The number of rotatable bonds is 6. The summed E-state index contributed by atoms with van der Waals surface area (Å²) in [5.74, 6) is 0.239. The monoisotopic (exact) mass is 507 g/mol. The van der Waals surface area contributed by atoms with Crippen LogP contribution >= 0.6 is 11.3 Å². The van der Waals surface area contributed by atoms with E-state index in [1.807, 2.05) is 49.9 Å². The maximum Gasteiger partial charge on any atom is 0.269 e. The molecule has 0 bridgehead atoms. The fraction of sp³-hybridized carbons (Fsp3) is 0.333. The molecular weight excluding hydrogens is 478 g/mol. The predicted molar refractivity (Wildman–Crippen MR) is 138 cm³/mol. The number of amides is 2. The SMILES string of the molecule is COc1ccc(C2c3ccsc3CCN2C(=O)CN(C(=O)c2ccc([N+](=O)[O-])cc2)C(C)(C)C)cc1. The summed E-state index contributed by atoms with van der Waals surface area (Å²) in [6.07, 6.45) is 0.761. The molecule has 0 spiro atoms. The Morgan fingerprint density at radius 3 is 2.36 bits per heavy atom. The number of non-ortho nitro benzene ring substituents is 1. The summed E-state index contributed by atoms with van der Waals surface area (Å²) in [5, 5.41) is 13.1. The molecule has 1 aliphatic rings. The number of thiophene rings is 1. The van der Waals surface area contributed by atoms with Crippen LogP contribution in [-0.4, -0.2) is 52.3 Å². The third-order valence-electron chi connectivity index (χ3n) is 6.39. The van der Waals surface area contributed by atoms with Crippen molar-refractivity contribution in [3.63, 3.8) is 0 Å². The van der Waals surface area contributed by atoms with E-state index in [1.165, 1.54) is 34.0 Å². The molecule has 0 aliphatic carbocycles. The Labute approximate surface area is 214 Å². The molecule has 1 unspecified atom stereocenters. The van der Waals surface area contributed by atoms with Crippen molar-refractivity contribution in [2.75, 3.05) is 20.2 Å². The van der Waals surface area contributed by atoms with E-state index in [0.29, 0.717) is 12.1 Å². The van der Waals surface area contributed by atoms with Crippen LogP contribution in [0.2, 0.25) is 0 Å². The van der Waals surface area contributed by atoms with Gasteiger partial charge in [0.15, 0.2) is 0 Å². The second-order valence-corrected chi connectivity index (χ2v) is 10.7. The summed E-state index contributed by atoms with van der Waals surface area (Å²) < 4.78 is 5.30. The van der Waals surface area contributed by atoms with Crippen LogP contribution in [0.25, 0.3) is 0 Å². The van der Waals surface area contributed by atoms with Crippen molar-refractivity contribution in [3.8, 4) is 5.75 Å². The van der Waals surface area contributed by atoms with Crippen LogP contribution in [0.3, 0.4) is 0 Å². The Balaban J connectivity index is 1.63. The Hall–Kier alpha value is -3.72. The number of hydrogen-bond acceptors (Lipinski definition) is 6. The van der Waals surface area contributed by atoms with E-state index in [4.69, 9.17) is 4.74 Å². The Morgan fingerprint density at radius 2 is 1.78 bits per heavy atom. The molecule has 2 aromatic carbocycles. The highest BCUT2D eigenvalue weighted by atomic mass is 32.1. The Morgan fingerprint density at radius 1 is 1.11 bits per heavy atom. The van der Waals surface area contributed by atoms with Crippen molar-refractivity contribution in [3.05, 3.63) is 91.7 Å². The molecule has 36 heavy (non-hydrogen) atoms. The van der Waals surface area contributed by atoms with Gasteiger partial charge in [0.25, 0.3) is 11.6 Å². The van der Waals surface area contributed by atoms with Gasteiger partial charge in [-0.2, -0.15) is 0 Å². The van der Waals surface area contributed by atoms with E-state index >= 15 is 0 Å². The van der Waals surface area contributed by atoms with Crippen molar-refractivity contribution in [2.45, 2.75) is 38.8 Å². The number of nitro benzene ring substituents is 1. The Kier molecular flexibility index (Phi) is 7.12. The van der Waals surface area contributed by atoms with Gasteiger partial charge < -0.3 is 14.5 Å². The van der Waals surface area contributed by atoms with Gasteiger partial charge in [-0.15, -0.1) is 11.3 Å². The van der Waals surface area contributed by atoms with Gasteiger partial charge in [0.2, 0.25) is 5.91 Å². The largest absolute Gasteiger partial charge is 0.497 e. The Bertz CT molecular complexity index is 1260. The zero-order valence-electron chi connectivity index (χ0n) is 20.8. The molecule has 188 valence electrons. The minimum Gasteiger partial charge on any atom is -0.497 e. The van der Waals surface area contributed by atoms with Gasteiger partial charge in [0, 0.05) is 34.7 Å². The standard InChI is InChI=1S/C27H29N3O5S/c1-27(2,3)29(26(32)19-5-9-20(10-6-19)30(33)34)17-24(31)28-15-13-23-22(14-16-36-23)25(28)18-7-11-21(35-4)12-8-18/h5-12,14,16,25H,13,15,17H2,1-4H3. The highest BCUT2D eigenvalue weighted by Crippen LogP contribution is 2.38. The lowest BCUT2D eigenvalue weighted by Gasteiger charge is -2.40. The van der Waals surface area contributed by atoms with Crippen molar-refractivity contribution >= 4 is 28.8 Å². The molecule has 4 rings (SSSR count). The number of ether oxygens (including phenoxy) is 1. The first kappa shape index (κ1) is 25.4. The first-order chi connectivity index (χ1) is 17.1. The molecule has 0 fully saturated rings. The number of carbonyl (C=O) groups is 2. The van der Waals surface area contributed by atoms with Gasteiger partial charge >= 0.3 is 0 Å². The van der Waals surface area contributed by atoms with Gasteiger partial charge in [-0.1, -0.05) is 12.1 Å². The second-order valence-electron chi connectivity index (χ2n) is 9.68. The molecule has 2 amide bonds. The van der Waals surface area contributed by atoms with Crippen molar-refractivity contribution in [1.82, 2.24) is 9.80 Å². The third-order valence-corrected chi connectivity index (χ3v) is 7.39. The summed E-state index contributed by atoms with van der Waals surface area (Å²) in [7, 11) is 1.62. The highest BCUT2D eigenvalue weighted by Gasteiger charge is 2.36. The van der Waals surface area contributed by atoms with Gasteiger partial charge in [-0.3, -0.25) is 19.7 Å². The van der Waals surface area contributed by atoms with E-state index < -0.39 is 10.5 Å². The van der Waals surface area contributed by atoms with Crippen LogP contribution < -0.4 is 4.74 Å². The molecule has 8 nitrogen and oxygen atoms in total. The molecule has 0 saturated carbocycles. The molecule has 1 aliphatic heterocycles. The predicted octanol–water partition coefficient (Wildman–Crippen LogP) is 5.08. The molecule has 0 N–H and O–H groups in total. The lowest BCUT2D eigenvalue weighted by Crippen LogP contribution is -2.52. The van der Waals surface area contributed by atoms with Gasteiger partial charge in [-0.25, -0.2) is 0 Å². The topological polar surface area (TPSA) is 93.0 Å². The molecule has 3 aromatic rings. The first-order valence-electron chi connectivity index (χ1n) is 11.7. The van der Waals surface area contributed by atoms with Crippen LogP contribution in [0, 0.1) is 10.1 Å². The van der Waals surface area contributed by atoms with Crippen molar-refractivity contribution in [2.24, 2.45) is 0 Å². The molecular formula is C27H29N3O5S. The summed E-state index contributed by atoms with van der Waals surface area (Å²) in [4.78, 5) is 42.4.